The van der Waals surface area contributed by atoms with Crippen molar-refractivity contribution in [3.8, 4) is 0 Å². The molecule has 3 amide bonds. The van der Waals surface area contributed by atoms with E-state index < -0.39 is 6.03 Å². The van der Waals surface area contributed by atoms with E-state index in [1.807, 2.05) is 4.90 Å². The van der Waals surface area contributed by atoms with Gasteiger partial charge < -0.3 is 16.0 Å². The van der Waals surface area contributed by atoms with Gasteiger partial charge in [-0.3, -0.25) is 4.79 Å². The summed E-state index contributed by atoms with van der Waals surface area (Å²) in [5.41, 5.74) is 6.65. The number of carbonyl (C=O) groups is 2. The largest absolute Gasteiger partial charge is 0.351 e. The second kappa shape index (κ2) is 5.99. The van der Waals surface area contributed by atoms with Gasteiger partial charge in [0.1, 0.15) is 0 Å². The van der Waals surface area contributed by atoms with Crippen molar-refractivity contribution in [2.24, 2.45) is 11.1 Å². The van der Waals surface area contributed by atoms with Gasteiger partial charge in [-0.15, -0.1) is 0 Å². The first-order valence-corrected chi connectivity index (χ1v) is 8.04. The minimum Gasteiger partial charge on any atom is -0.351 e. The van der Waals surface area contributed by atoms with E-state index in [-0.39, 0.29) is 5.91 Å². The van der Waals surface area contributed by atoms with Crippen molar-refractivity contribution in [1.29, 1.82) is 0 Å². The molecule has 2 fully saturated rings. The van der Waals surface area contributed by atoms with Crippen molar-refractivity contribution in [2.45, 2.75) is 38.5 Å². The summed E-state index contributed by atoms with van der Waals surface area (Å²) in [7, 11) is 0. The molecule has 3 rings (SSSR count). The first-order valence-electron chi connectivity index (χ1n) is 8.04. The topological polar surface area (TPSA) is 75.4 Å². The number of rotatable bonds is 2. The lowest BCUT2D eigenvalue weighted by Gasteiger charge is -2.33. The third kappa shape index (κ3) is 3.08. The van der Waals surface area contributed by atoms with Crippen LogP contribution in [0.25, 0.3) is 0 Å². The van der Waals surface area contributed by atoms with E-state index in [4.69, 9.17) is 5.73 Å². The fourth-order valence-corrected chi connectivity index (χ4v) is 3.87. The summed E-state index contributed by atoms with van der Waals surface area (Å²) < 4.78 is 0. The van der Waals surface area contributed by atoms with Crippen LogP contribution >= 0.6 is 0 Å². The number of primary amides is 1. The quantitative estimate of drug-likeness (QED) is 0.881. The Balaban J connectivity index is 1.70. The summed E-state index contributed by atoms with van der Waals surface area (Å²) in [4.78, 5) is 25.6. The summed E-state index contributed by atoms with van der Waals surface area (Å²) in [6, 6.07) is 6.37. The lowest BCUT2D eigenvalue weighted by atomic mass is 9.73. The zero-order valence-electron chi connectivity index (χ0n) is 12.8. The molecular weight excluding hydrogens is 278 g/mol. The Kier molecular flexibility index (Phi) is 4.05. The third-order valence-electron chi connectivity index (χ3n) is 5.02. The number of amides is 3. The van der Waals surface area contributed by atoms with E-state index in [0.717, 1.165) is 19.5 Å². The predicted molar refractivity (Wildman–Crippen MR) is 85.7 cm³/mol. The van der Waals surface area contributed by atoms with Gasteiger partial charge in [0, 0.05) is 24.3 Å². The van der Waals surface area contributed by atoms with Gasteiger partial charge in [-0.05, 0) is 42.9 Å². The Morgan fingerprint density at radius 2 is 1.91 bits per heavy atom. The number of nitrogens with two attached hydrogens (primary N) is 1. The van der Waals surface area contributed by atoms with Gasteiger partial charge in [0.2, 0.25) is 0 Å². The van der Waals surface area contributed by atoms with Crippen LogP contribution < -0.4 is 11.1 Å². The Morgan fingerprint density at radius 1 is 1.14 bits per heavy atom. The molecule has 22 heavy (non-hydrogen) atoms. The first-order chi connectivity index (χ1) is 10.6. The van der Waals surface area contributed by atoms with E-state index in [1.54, 1.807) is 24.3 Å². The smallest absolute Gasteiger partial charge is 0.316 e. The number of likely N-dealkylation sites (tertiary alicyclic amines) is 1. The van der Waals surface area contributed by atoms with E-state index in [0.29, 0.717) is 16.7 Å². The minimum atomic E-state index is -0.619. The number of hydrogen-bond donors (Lipinski definition) is 2. The lowest BCUT2D eigenvalue weighted by molar-refractivity contribution is 0.0759. The van der Waals surface area contributed by atoms with Gasteiger partial charge in [0.25, 0.3) is 5.91 Å². The van der Waals surface area contributed by atoms with Crippen LogP contribution in [-0.2, 0) is 0 Å². The number of urea groups is 1. The van der Waals surface area contributed by atoms with Crippen LogP contribution in [0.1, 0.15) is 48.9 Å². The van der Waals surface area contributed by atoms with Crippen molar-refractivity contribution in [2.75, 3.05) is 18.4 Å². The fourth-order valence-electron chi connectivity index (χ4n) is 3.87. The van der Waals surface area contributed by atoms with Gasteiger partial charge in [-0.2, -0.15) is 0 Å². The maximum Gasteiger partial charge on any atom is 0.316 e. The highest BCUT2D eigenvalue weighted by molar-refractivity contribution is 5.96. The molecule has 5 heteroatoms. The number of nitrogens with one attached hydrogen (secondary N) is 1. The van der Waals surface area contributed by atoms with E-state index >= 15 is 0 Å². The molecule has 0 atom stereocenters. The van der Waals surface area contributed by atoms with Crippen molar-refractivity contribution >= 4 is 17.6 Å². The molecule has 0 bridgehead atoms. The molecule has 1 spiro atoms. The normalized spacial score (nSPS) is 20.1. The zero-order valence-corrected chi connectivity index (χ0v) is 12.8. The molecule has 2 aliphatic rings. The lowest BCUT2D eigenvalue weighted by Crippen LogP contribution is -2.33. The zero-order chi connectivity index (χ0) is 15.6. The molecule has 0 radical (unpaired) electrons. The van der Waals surface area contributed by atoms with Gasteiger partial charge in [0.05, 0.1) is 0 Å². The Bertz CT molecular complexity index is 579. The molecule has 1 aromatic carbocycles. The molecule has 0 aromatic heterocycles. The molecular formula is C17H23N3O2. The molecule has 5 nitrogen and oxygen atoms in total. The second-order valence-electron chi connectivity index (χ2n) is 6.61. The van der Waals surface area contributed by atoms with Crippen molar-refractivity contribution in [3.63, 3.8) is 0 Å². The maximum absolute atomic E-state index is 12.7. The summed E-state index contributed by atoms with van der Waals surface area (Å²) in [6.45, 7) is 1.71. The predicted octanol–water partition coefficient (Wildman–Crippen LogP) is 2.97. The standard InChI is InChI=1S/C17H23N3O2/c18-16(22)19-14-6-4-5-13(11-14)15(21)20-10-9-17(12-20)7-2-1-3-8-17/h4-6,11H,1-3,7-10,12H2,(H3,18,19,22). The van der Waals surface area contributed by atoms with Crippen LogP contribution in [0.3, 0.4) is 0 Å². The summed E-state index contributed by atoms with van der Waals surface area (Å²) in [5.74, 6) is 0.0515. The summed E-state index contributed by atoms with van der Waals surface area (Å²) in [5, 5.41) is 2.52. The third-order valence-corrected chi connectivity index (χ3v) is 5.02. The molecule has 1 aliphatic carbocycles. The number of benzene rings is 1. The second-order valence-corrected chi connectivity index (χ2v) is 6.61. The Labute approximate surface area is 130 Å². The average Bonchev–Trinajstić information content (AvgIpc) is 2.90. The monoisotopic (exact) mass is 301 g/mol. The van der Waals surface area contributed by atoms with Gasteiger partial charge in [-0.1, -0.05) is 25.3 Å². The van der Waals surface area contributed by atoms with Crippen molar-refractivity contribution < 1.29 is 9.59 Å². The van der Waals surface area contributed by atoms with E-state index in [9.17, 15) is 9.59 Å². The number of anilines is 1. The fraction of sp³-hybridized carbons (Fsp3) is 0.529. The summed E-state index contributed by atoms with van der Waals surface area (Å²) >= 11 is 0. The SMILES string of the molecule is NC(=O)Nc1cccc(C(=O)N2CCC3(CCCCC3)C2)c1. The average molecular weight is 301 g/mol. The van der Waals surface area contributed by atoms with Crippen molar-refractivity contribution in [1.82, 2.24) is 4.90 Å². The van der Waals surface area contributed by atoms with Crippen molar-refractivity contribution in [3.05, 3.63) is 29.8 Å². The molecule has 3 N–H and O–H groups in total. The minimum absolute atomic E-state index is 0.0515. The van der Waals surface area contributed by atoms with E-state index in [2.05, 4.69) is 5.32 Å². The number of carbonyl (C=O) groups excluding carboxylic acids is 2. The van der Waals surface area contributed by atoms with Crippen LogP contribution in [-0.4, -0.2) is 29.9 Å². The van der Waals surface area contributed by atoms with E-state index in [1.165, 1.54) is 32.1 Å². The molecule has 1 aromatic rings. The summed E-state index contributed by atoms with van der Waals surface area (Å²) in [6.07, 6.45) is 7.54. The number of nitrogens with zero attached hydrogens (tertiary/aromatic N) is 1. The van der Waals surface area contributed by atoms with Gasteiger partial charge in [-0.25, -0.2) is 4.79 Å². The Hall–Kier alpha value is -2.04. The van der Waals surface area contributed by atoms with Crippen LogP contribution in [0.4, 0.5) is 10.5 Å². The highest BCUT2D eigenvalue weighted by atomic mass is 16.2. The number of hydrogen-bond acceptors (Lipinski definition) is 2. The molecule has 1 saturated heterocycles. The van der Waals surface area contributed by atoms with Crippen LogP contribution in [0.5, 0.6) is 0 Å². The molecule has 118 valence electrons. The highest BCUT2D eigenvalue weighted by Crippen LogP contribution is 2.43. The van der Waals surface area contributed by atoms with Gasteiger partial charge in [0.15, 0.2) is 0 Å². The van der Waals surface area contributed by atoms with Crippen LogP contribution in [0.15, 0.2) is 24.3 Å². The molecule has 0 unspecified atom stereocenters. The van der Waals surface area contributed by atoms with Crippen LogP contribution in [0.2, 0.25) is 0 Å². The highest BCUT2D eigenvalue weighted by Gasteiger charge is 2.40. The van der Waals surface area contributed by atoms with Gasteiger partial charge >= 0.3 is 6.03 Å². The molecule has 1 saturated carbocycles. The Morgan fingerprint density at radius 3 is 2.64 bits per heavy atom. The van der Waals surface area contributed by atoms with Crippen LogP contribution in [0, 0.1) is 5.41 Å². The molecule has 1 heterocycles. The first kappa shape index (κ1) is 14.9. The molecule has 1 aliphatic heterocycles. The maximum atomic E-state index is 12.7.